The van der Waals surface area contributed by atoms with Gasteiger partial charge in [0.1, 0.15) is 5.82 Å². The number of hydrogen-bond acceptors (Lipinski definition) is 0. The Bertz CT molecular complexity index is 390. The molecule has 15 heavy (non-hydrogen) atoms. The van der Waals surface area contributed by atoms with Crippen LogP contribution in [-0.2, 0) is 6.42 Å². The zero-order valence-electron chi connectivity index (χ0n) is 7.99. The maximum Gasteiger partial charge on any atom is 0.163 e. The van der Waals surface area contributed by atoms with E-state index in [4.69, 9.17) is 0 Å². The maximum absolute atomic E-state index is 13.5. The Hall–Kier alpha value is -0.510. The van der Waals surface area contributed by atoms with Crippen molar-refractivity contribution in [2.45, 2.75) is 30.5 Å². The van der Waals surface area contributed by atoms with Crippen molar-refractivity contribution >= 4 is 15.9 Å². The lowest BCUT2D eigenvalue weighted by Gasteiger charge is -2.13. The van der Waals surface area contributed by atoms with Crippen LogP contribution in [0.3, 0.4) is 0 Å². The van der Waals surface area contributed by atoms with Gasteiger partial charge >= 0.3 is 0 Å². The fourth-order valence-corrected chi connectivity index (χ4v) is 2.80. The average Bonchev–Trinajstić information content (AvgIpc) is 2.37. The predicted octanol–water partition coefficient (Wildman–Crippen LogP) is 4.27. The molecule has 2 rings (SSSR count). The van der Waals surface area contributed by atoms with Gasteiger partial charge in [0, 0.05) is 16.5 Å². The van der Waals surface area contributed by atoms with E-state index in [1.165, 1.54) is 0 Å². The number of halogens is 4. The molecule has 0 heterocycles. The molecule has 0 aromatic heterocycles. The molecule has 1 atom stereocenters. The molecule has 1 aromatic carbocycles. The second-order valence-corrected chi connectivity index (χ2v) is 4.87. The molecule has 0 saturated carbocycles. The van der Waals surface area contributed by atoms with Gasteiger partial charge in [-0.05, 0) is 24.8 Å². The largest absolute Gasteiger partial charge is 0.207 e. The number of benzene rings is 1. The molecule has 1 unspecified atom stereocenters. The first kappa shape index (κ1) is 11.0. The Morgan fingerprint density at radius 2 is 1.87 bits per heavy atom. The predicted molar refractivity (Wildman–Crippen MR) is 55.5 cm³/mol. The van der Waals surface area contributed by atoms with Gasteiger partial charge in [0.05, 0.1) is 0 Å². The van der Waals surface area contributed by atoms with Gasteiger partial charge in [0.2, 0.25) is 0 Å². The number of alkyl halides is 1. The van der Waals surface area contributed by atoms with Crippen molar-refractivity contribution in [3.63, 3.8) is 0 Å². The van der Waals surface area contributed by atoms with Crippen LogP contribution in [0.25, 0.3) is 0 Å². The lowest BCUT2D eigenvalue weighted by Crippen LogP contribution is -2.04. The molecule has 0 nitrogen and oxygen atoms in total. The van der Waals surface area contributed by atoms with Gasteiger partial charge in [0.25, 0.3) is 0 Å². The van der Waals surface area contributed by atoms with Crippen molar-refractivity contribution in [1.82, 2.24) is 0 Å². The summed E-state index contributed by atoms with van der Waals surface area (Å²) in [5.41, 5.74) is 0.498. The quantitative estimate of drug-likeness (QED) is 0.378. The highest BCUT2D eigenvalue weighted by atomic mass is 79.9. The van der Waals surface area contributed by atoms with Crippen LogP contribution in [-0.4, -0.2) is 0 Å². The first-order chi connectivity index (χ1) is 7.11. The Morgan fingerprint density at radius 3 is 2.60 bits per heavy atom. The molecular weight excluding hydrogens is 269 g/mol. The normalized spacial score (nSPS) is 20.9. The first-order valence-electron chi connectivity index (χ1n) is 4.91. The average molecular weight is 279 g/mol. The highest BCUT2D eigenvalue weighted by molar-refractivity contribution is 9.09. The fourth-order valence-electron chi connectivity index (χ4n) is 2.00. The Kier molecular flexibility index (Phi) is 3.05. The van der Waals surface area contributed by atoms with E-state index >= 15 is 0 Å². The molecule has 0 saturated heterocycles. The smallest absolute Gasteiger partial charge is 0.163 e. The summed E-state index contributed by atoms with van der Waals surface area (Å²) in [5, 5.41) is 0. The van der Waals surface area contributed by atoms with Crippen molar-refractivity contribution in [3.8, 4) is 0 Å². The van der Waals surface area contributed by atoms with Crippen molar-refractivity contribution in [3.05, 3.63) is 34.6 Å². The summed E-state index contributed by atoms with van der Waals surface area (Å²) in [6.45, 7) is 0. The molecule has 0 bridgehead atoms. The highest BCUT2D eigenvalue weighted by Gasteiger charge is 2.25. The summed E-state index contributed by atoms with van der Waals surface area (Å²) >= 11 is 3.28. The number of hydrogen-bond donors (Lipinski definition) is 0. The van der Waals surface area contributed by atoms with Gasteiger partial charge in [0.15, 0.2) is 11.6 Å². The number of rotatable bonds is 0. The summed E-state index contributed by atoms with van der Waals surface area (Å²) in [4.78, 5) is -0.278. The highest BCUT2D eigenvalue weighted by Crippen LogP contribution is 2.38. The van der Waals surface area contributed by atoms with Crippen LogP contribution in [0.2, 0.25) is 0 Å². The van der Waals surface area contributed by atoms with Crippen LogP contribution in [0.4, 0.5) is 13.2 Å². The van der Waals surface area contributed by atoms with Gasteiger partial charge in [-0.2, -0.15) is 0 Å². The minimum Gasteiger partial charge on any atom is -0.207 e. The van der Waals surface area contributed by atoms with Gasteiger partial charge in [-0.1, -0.05) is 22.4 Å². The zero-order valence-corrected chi connectivity index (χ0v) is 9.58. The number of fused-ring (bicyclic) bond motifs is 1. The van der Waals surface area contributed by atoms with E-state index in [1.54, 1.807) is 0 Å². The summed E-state index contributed by atoms with van der Waals surface area (Å²) in [6, 6.07) is 0.638. The van der Waals surface area contributed by atoms with E-state index in [9.17, 15) is 13.2 Å². The minimum absolute atomic E-state index is 0.171. The molecule has 1 aliphatic carbocycles. The second kappa shape index (κ2) is 4.16. The van der Waals surface area contributed by atoms with Crippen LogP contribution in [0.1, 0.15) is 35.2 Å². The van der Waals surface area contributed by atoms with Crippen LogP contribution >= 0.6 is 15.9 Å². The summed E-state index contributed by atoms with van der Waals surface area (Å²) in [7, 11) is 0. The van der Waals surface area contributed by atoms with Gasteiger partial charge in [-0.15, -0.1) is 0 Å². The molecule has 0 radical (unpaired) electrons. The summed E-state index contributed by atoms with van der Waals surface area (Å²) < 4.78 is 40.0. The molecule has 4 heteroatoms. The Balaban J connectivity index is 2.63. The van der Waals surface area contributed by atoms with E-state index < -0.39 is 17.5 Å². The van der Waals surface area contributed by atoms with E-state index in [1.807, 2.05) is 0 Å². The monoisotopic (exact) mass is 278 g/mol. The third-order valence-corrected chi connectivity index (χ3v) is 3.68. The second-order valence-electron chi connectivity index (χ2n) is 3.76. The van der Waals surface area contributed by atoms with Crippen molar-refractivity contribution in [2.24, 2.45) is 0 Å². The van der Waals surface area contributed by atoms with Gasteiger partial charge < -0.3 is 0 Å². The molecule has 0 spiro atoms. The van der Waals surface area contributed by atoms with E-state index in [2.05, 4.69) is 15.9 Å². The Morgan fingerprint density at radius 1 is 1.13 bits per heavy atom. The van der Waals surface area contributed by atoms with Gasteiger partial charge in [-0.3, -0.25) is 0 Å². The first-order valence-corrected chi connectivity index (χ1v) is 5.83. The van der Waals surface area contributed by atoms with Gasteiger partial charge in [-0.25, -0.2) is 13.2 Å². The van der Waals surface area contributed by atoms with E-state index in [-0.39, 0.29) is 10.4 Å². The fraction of sp³-hybridized carbons (Fsp3) is 0.455. The summed E-state index contributed by atoms with van der Waals surface area (Å²) in [5.74, 6) is -2.64. The molecule has 0 N–H and O–H groups in total. The minimum atomic E-state index is -1.10. The zero-order chi connectivity index (χ0) is 11.0. The molecule has 82 valence electrons. The molecule has 0 fully saturated rings. The van der Waals surface area contributed by atoms with Crippen molar-refractivity contribution in [2.75, 3.05) is 0 Å². The molecule has 0 aliphatic heterocycles. The molecule has 1 aliphatic rings. The lowest BCUT2D eigenvalue weighted by atomic mass is 10.0. The van der Waals surface area contributed by atoms with Crippen molar-refractivity contribution < 1.29 is 13.2 Å². The van der Waals surface area contributed by atoms with Crippen LogP contribution < -0.4 is 0 Å². The maximum atomic E-state index is 13.5. The lowest BCUT2D eigenvalue weighted by molar-refractivity contribution is 0.480. The standard InChI is InChI=1S/C11H10BrF3/c12-7-4-2-1-3-6-8(13)5-9(14)11(15)10(6)7/h5,7H,1-4H2. The Labute approximate surface area is 94.6 Å². The summed E-state index contributed by atoms with van der Waals surface area (Å²) in [6.07, 6.45) is 2.91. The van der Waals surface area contributed by atoms with E-state index in [0.717, 1.165) is 12.8 Å². The molecule has 0 amide bonds. The van der Waals surface area contributed by atoms with E-state index in [0.29, 0.717) is 24.5 Å². The van der Waals surface area contributed by atoms with Crippen LogP contribution in [0.5, 0.6) is 0 Å². The SMILES string of the molecule is Fc1cc(F)c2c(c1F)C(Br)CCCC2. The topological polar surface area (TPSA) is 0 Å². The third kappa shape index (κ3) is 1.92. The molecular formula is C11H10BrF3. The van der Waals surface area contributed by atoms with Crippen molar-refractivity contribution in [1.29, 1.82) is 0 Å². The third-order valence-electron chi connectivity index (χ3n) is 2.76. The molecule has 1 aromatic rings. The van der Waals surface area contributed by atoms with Crippen LogP contribution in [0, 0.1) is 17.5 Å². The van der Waals surface area contributed by atoms with Crippen LogP contribution in [0.15, 0.2) is 6.07 Å².